The molecule has 0 saturated carbocycles. The standard InChI is InChI=1S/C9H16N2.Y/c1-5-9(4)11-7-10-6-8(2)3;/h8H,6H2,1-4H3,(H,10,11);/q-2;. The number of rotatable bonds is 4. The van der Waals surface area contributed by atoms with E-state index in [2.05, 4.69) is 36.6 Å². The Balaban J connectivity index is 0. The van der Waals surface area contributed by atoms with Crippen molar-refractivity contribution in [1.29, 1.82) is 0 Å². The summed E-state index contributed by atoms with van der Waals surface area (Å²) in [4.78, 5) is 3.96. The molecule has 0 unspecified atom stereocenters. The van der Waals surface area contributed by atoms with Crippen LogP contribution >= 0.6 is 0 Å². The van der Waals surface area contributed by atoms with Crippen molar-refractivity contribution >= 4 is 6.34 Å². The van der Waals surface area contributed by atoms with Crippen LogP contribution in [0.5, 0.6) is 0 Å². The average molecular weight is 241 g/mol. The third kappa shape index (κ3) is 10.3. The fourth-order valence-electron chi connectivity index (χ4n) is 0.429. The van der Waals surface area contributed by atoms with Gasteiger partial charge in [-0.25, -0.2) is 6.92 Å². The topological polar surface area (TPSA) is 24.4 Å². The van der Waals surface area contributed by atoms with Gasteiger partial charge in [0, 0.05) is 39.3 Å². The molecular formula is C9H16N2Y-2. The Bertz CT molecular complexity index is 151. The zero-order valence-corrected chi connectivity index (χ0v) is 11.1. The summed E-state index contributed by atoms with van der Waals surface area (Å²) in [6.45, 7) is 8.93. The molecule has 0 spiro atoms. The van der Waals surface area contributed by atoms with Crippen LogP contribution < -0.4 is 5.32 Å². The van der Waals surface area contributed by atoms with E-state index in [1.807, 2.05) is 13.8 Å². The zero-order valence-electron chi connectivity index (χ0n) is 8.31. The van der Waals surface area contributed by atoms with Gasteiger partial charge in [0.05, 0.1) is 0 Å². The van der Waals surface area contributed by atoms with Gasteiger partial charge in [0.2, 0.25) is 0 Å². The van der Waals surface area contributed by atoms with Crippen LogP contribution in [0.15, 0.2) is 10.7 Å². The van der Waals surface area contributed by atoms with E-state index >= 15 is 0 Å². The average Bonchev–Trinajstić information content (AvgIpc) is 1.97. The summed E-state index contributed by atoms with van der Waals surface area (Å²) >= 11 is 0. The van der Waals surface area contributed by atoms with Gasteiger partial charge in [-0.15, -0.1) is 6.92 Å². The number of aliphatic imine (C=N–C) groups is 1. The van der Waals surface area contributed by atoms with Crippen molar-refractivity contribution in [3.05, 3.63) is 11.8 Å². The molecule has 1 N–H and O–H groups in total. The molecule has 0 amide bonds. The quantitative estimate of drug-likeness (QED) is 0.345. The molecule has 67 valence electrons. The van der Waals surface area contributed by atoms with Gasteiger partial charge in [0.25, 0.3) is 0 Å². The van der Waals surface area contributed by atoms with Crippen LogP contribution in [0.2, 0.25) is 0 Å². The number of hydrogen-bond donors (Lipinski definition) is 1. The van der Waals surface area contributed by atoms with Crippen LogP contribution in [0.1, 0.15) is 27.7 Å². The monoisotopic (exact) mass is 241 g/mol. The van der Waals surface area contributed by atoms with Crippen LogP contribution in [-0.4, -0.2) is 12.9 Å². The van der Waals surface area contributed by atoms with Gasteiger partial charge in [-0.05, 0) is 5.92 Å². The van der Waals surface area contributed by atoms with E-state index in [4.69, 9.17) is 0 Å². The van der Waals surface area contributed by atoms with Crippen molar-refractivity contribution in [2.24, 2.45) is 10.9 Å². The SMILES string of the molecule is C[C-]=C(C)N=[C-]NCC(C)C.[Y]. The Morgan fingerprint density at radius 1 is 1.50 bits per heavy atom. The fraction of sp³-hybridized carbons (Fsp3) is 0.667. The van der Waals surface area contributed by atoms with E-state index in [1.54, 1.807) is 0 Å². The molecule has 0 aliphatic rings. The Morgan fingerprint density at radius 3 is 2.50 bits per heavy atom. The minimum absolute atomic E-state index is 0. The number of hydrogen-bond acceptors (Lipinski definition) is 1. The molecule has 2 nitrogen and oxygen atoms in total. The Kier molecular flexibility index (Phi) is 11.6. The van der Waals surface area contributed by atoms with Crippen molar-refractivity contribution in [3.8, 4) is 0 Å². The summed E-state index contributed by atoms with van der Waals surface area (Å²) in [6, 6.07) is 0. The molecule has 0 atom stereocenters. The molecule has 0 aromatic carbocycles. The van der Waals surface area contributed by atoms with Gasteiger partial charge in [0.1, 0.15) is 0 Å². The molecule has 0 aromatic rings. The van der Waals surface area contributed by atoms with Gasteiger partial charge in [-0.1, -0.05) is 20.2 Å². The van der Waals surface area contributed by atoms with Crippen molar-refractivity contribution < 1.29 is 32.7 Å². The molecule has 12 heavy (non-hydrogen) atoms. The van der Waals surface area contributed by atoms with Crippen molar-refractivity contribution in [2.45, 2.75) is 27.7 Å². The molecular weight excluding hydrogens is 225 g/mol. The van der Waals surface area contributed by atoms with E-state index in [0.29, 0.717) is 5.92 Å². The molecule has 3 heteroatoms. The summed E-state index contributed by atoms with van der Waals surface area (Å²) < 4.78 is 0. The summed E-state index contributed by atoms with van der Waals surface area (Å²) in [5.74, 6) is 0.632. The number of nitrogens with zero attached hydrogens (tertiary/aromatic N) is 1. The second-order valence-electron chi connectivity index (χ2n) is 2.83. The Morgan fingerprint density at radius 2 is 2.08 bits per heavy atom. The summed E-state index contributed by atoms with van der Waals surface area (Å²) in [7, 11) is 0. The largest absolute Gasteiger partial charge is 0.583 e. The second-order valence-corrected chi connectivity index (χ2v) is 2.83. The maximum absolute atomic E-state index is 3.96. The molecule has 0 aliphatic heterocycles. The zero-order chi connectivity index (χ0) is 8.69. The summed E-state index contributed by atoms with van der Waals surface area (Å²) in [5.41, 5.74) is 0.862. The maximum atomic E-state index is 3.96. The smallest absolute Gasteiger partial charge is 0.000823 e. The molecule has 1 radical (unpaired) electrons. The minimum atomic E-state index is 0. The van der Waals surface area contributed by atoms with Crippen molar-refractivity contribution in [3.63, 3.8) is 0 Å². The van der Waals surface area contributed by atoms with Gasteiger partial charge >= 0.3 is 0 Å². The predicted octanol–water partition coefficient (Wildman–Crippen LogP) is 1.86. The molecule has 0 rings (SSSR count). The second kappa shape index (κ2) is 9.40. The molecule has 0 bridgehead atoms. The van der Waals surface area contributed by atoms with E-state index < -0.39 is 0 Å². The molecule has 0 aliphatic carbocycles. The first kappa shape index (κ1) is 14.8. The maximum Gasteiger partial charge on any atom is 0.000823 e. The van der Waals surface area contributed by atoms with Gasteiger partial charge < -0.3 is 22.1 Å². The first-order valence-corrected chi connectivity index (χ1v) is 3.86. The van der Waals surface area contributed by atoms with Crippen LogP contribution in [0, 0.1) is 12.0 Å². The van der Waals surface area contributed by atoms with Crippen LogP contribution in [-0.2, 0) is 32.7 Å². The van der Waals surface area contributed by atoms with Crippen LogP contribution in [0.4, 0.5) is 0 Å². The Hall–Kier alpha value is 0.314. The first-order valence-electron chi connectivity index (χ1n) is 3.86. The third-order valence-corrected chi connectivity index (χ3v) is 1.17. The van der Waals surface area contributed by atoms with E-state index in [-0.39, 0.29) is 32.7 Å². The molecule has 0 heterocycles. The van der Waals surface area contributed by atoms with Gasteiger partial charge in [0.15, 0.2) is 0 Å². The van der Waals surface area contributed by atoms with Gasteiger partial charge in [-0.2, -0.15) is 0 Å². The molecule has 0 aromatic heterocycles. The van der Waals surface area contributed by atoms with Crippen LogP contribution in [0.3, 0.4) is 0 Å². The third-order valence-electron chi connectivity index (χ3n) is 1.17. The summed E-state index contributed by atoms with van der Waals surface area (Å²) in [6.07, 6.45) is 5.64. The predicted molar refractivity (Wildman–Crippen MR) is 48.4 cm³/mol. The summed E-state index contributed by atoms with van der Waals surface area (Å²) in [5, 5.41) is 2.97. The van der Waals surface area contributed by atoms with E-state index in [1.165, 1.54) is 0 Å². The normalized spacial score (nSPS) is 11.9. The fourth-order valence-corrected chi connectivity index (χ4v) is 0.429. The Labute approximate surface area is 101 Å². The minimum Gasteiger partial charge on any atom is -0.583 e. The first-order chi connectivity index (χ1) is 5.16. The number of allylic oxidation sites excluding steroid dienone is 2. The van der Waals surface area contributed by atoms with Crippen molar-refractivity contribution in [2.75, 3.05) is 6.54 Å². The van der Waals surface area contributed by atoms with E-state index in [9.17, 15) is 0 Å². The van der Waals surface area contributed by atoms with Crippen molar-refractivity contribution in [1.82, 2.24) is 5.32 Å². The van der Waals surface area contributed by atoms with Gasteiger partial charge in [-0.3, -0.25) is 0 Å². The van der Waals surface area contributed by atoms with Crippen LogP contribution in [0.25, 0.3) is 0 Å². The molecule has 0 saturated heterocycles. The number of nitrogens with one attached hydrogen (secondary N) is 1. The van der Waals surface area contributed by atoms with E-state index in [0.717, 1.165) is 12.2 Å². The molecule has 0 fully saturated rings.